The number of halogens is 1. The molecule has 1 heterocycles. The summed E-state index contributed by atoms with van der Waals surface area (Å²) < 4.78 is 34.0. The number of sulfonamides is 1. The van der Waals surface area contributed by atoms with Gasteiger partial charge in [-0.3, -0.25) is 0 Å². The summed E-state index contributed by atoms with van der Waals surface area (Å²) in [6.07, 6.45) is 0. The molecular formula is C18H17BrN2O3S. The molecule has 7 heteroatoms. The molecule has 0 saturated carbocycles. The Morgan fingerprint density at radius 2 is 1.92 bits per heavy atom. The quantitative estimate of drug-likeness (QED) is 0.670. The summed E-state index contributed by atoms with van der Waals surface area (Å²) in [5.74, 6) is 0.617. The van der Waals surface area contributed by atoms with Crippen LogP contribution in [0.1, 0.15) is 16.8 Å². The molecule has 25 heavy (non-hydrogen) atoms. The first-order valence-corrected chi connectivity index (χ1v) is 9.91. The molecule has 0 radical (unpaired) electrons. The third-order valence-electron chi connectivity index (χ3n) is 3.73. The molecule has 0 atom stereocenters. The lowest BCUT2D eigenvalue weighted by atomic mass is 10.1. The van der Waals surface area contributed by atoms with E-state index in [1.165, 1.54) is 0 Å². The van der Waals surface area contributed by atoms with Crippen molar-refractivity contribution >= 4 is 26.0 Å². The van der Waals surface area contributed by atoms with Gasteiger partial charge in [-0.15, -0.1) is 0 Å². The number of aryl methyl sites for hydroxylation is 2. The van der Waals surface area contributed by atoms with Gasteiger partial charge in [0.1, 0.15) is 0 Å². The van der Waals surface area contributed by atoms with E-state index < -0.39 is 10.0 Å². The standard InChI is InChI=1S/C18H17BrN2O3S/c1-12-8-15(17-9-13(2)21-24-17)6-7-18(12)25(22,23)20-11-14-4-3-5-16(19)10-14/h3-10,20H,11H2,1-2H3. The fourth-order valence-electron chi connectivity index (χ4n) is 2.51. The summed E-state index contributed by atoms with van der Waals surface area (Å²) >= 11 is 3.38. The van der Waals surface area contributed by atoms with Gasteiger partial charge >= 0.3 is 0 Å². The molecule has 0 fully saturated rings. The summed E-state index contributed by atoms with van der Waals surface area (Å²) in [5.41, 5.74) is 3.10. The highest BCUT2D eigenvalue weighted by atomic mass is 79.9. The van der Waals surface area contributed by atoms with Gasteiger partial charge in [-0.2, -0.15) is 0 Å². The lowest BCUT2D eigenvalue weighted by Crippen LogP contribution is -2.24. The minimum atomic E-state index is -3.61. The van der Waals surface area contributed by atoms with E-state index >= 15 is 0 Å². The third-order valence-corrected chi connectivity index (χ3v) is 5.79. The number of benzene rings is 2. The Morgan fingerprint density at radius 3 is 2.56 bits per heavy atom. The number of hydrogen-bond donors (Lipinski definition) is 1. The number of hydrogen-bond acceptors (Lipinski definition) is 4. The maximum atomic E-state index is 12.6. The normalized spacial score (nSPS) is 11.6. The molecule has 130 valence electrons. The lowest BCUT2D eigenvalue weighted by Gasteiger charge is -2.10. The van der Waals surface area contributed by atoms with Crippen LogP contribution < -0.4 is 4.72 Å². The molecule has 0 amide bonds. The van der Waals surface area contributed by atoms with Crippen molar-refractivity contribution in [2.24, 2.45) is 0 Å². The molecular weight excluding hydrogens is 404 g/mol. The Hall–Kier alpha value is -1.96. The van der Waals surface area contributed by atoms with Crippen molar-refractivity contribution < 1.29 is 12.9 Å². The first-order chi connectivity index (χ1) is 11.8. The molecule has 0 aliphatic carbocycles. The van der Waals surface area contributed by atoms with Crippen molar-refractivity contribution in [2.45, 2.75) is 25.3 Å². The van der Waals surface area contributed by atoms with E-state index in [1.54, 1.807) is 25.1 Å². The molecule has 0 spiro atoms. The second kappa shape index (κ2) is 7.11. The molecule has 0 unspecified atom stereocenters. The van der Waals surface area contributed by atoms with Gasteiger partial charge < -0.3 is 4.52 Å². The van der Waals surface area contributed by atoms with Crippen molar-refractivity contribution in [1.29, 1.82) is 0 Å². The van der Waals surface area contributed by atoms with E-state index in [0.717, 1.165) is 21.3 Å². The van der Waals surface area contributed by atoms with Crippen LogP contribution in [0.3, 0.4) is 0 Å². The maximum Gasteiger partial charge on any atom is 0.241 e. The summed E-state index contributed by atoms with van der Waals surface area (Å²) in [5, 5.41) is 3.85. The Morgan fingerprint density at radius 1 is 1.12 bits per heavy atom. The lowest BCUT2D eigenvalue weighted by molar-refractivity contribution is 0.427. The Bertz CT molecular complexity index is 1010. The van der Waals surface area contributed by atoms with Crippen LogP contribution in [0, 0.1) is 13.8 Å². The number of aromatic nitrogens is 1. The predicted molar refractivity (Wildman–Crippen MR) is 99.6 cm³/mol. The van der Waals surface area contributed by atoms with Crippen LogP contribution in [0.5, 0.6) is 0 Å². The highest BCUT2D eigenvalue weighted by Crippen LogP contribution is 2.25. The van der Waals surface area contributed by atoms with Gasteiger partial charge in [0.15, 0.2) is 5.76 Å². The minimum Gasteiger partial charge on any atom is -0.356 e. The minimum absolute atomic E-state index is 0.226. The molecule has 2 aromatic carbocycles. The molecule has 0 aliphatic heterocycles. The average Bonchev–Trinajstić information content (AvgIpc) is 2.99. The van der Waals surface area contributed by atoms with Crippen LogP contribution in [0.25, 0.3) is 11.3 Å². The zero-order valence-electron chi connectivity index (χ0n) is 13.8. The first kappa shape index (κ1) is 17.8. The summed E-state index contributed by atoms with van der Waals surface area (Å²) in [6.45, 7) is 3.83. The Balaban J connectivity index is 1.82. The van der Waals surface area contributed by atoms with Crippen LogP contribution in [0.15, 0.2) is 62.4 Å². The smallest absolute Gasteiger partial charge is 0.241 e. The van der Waals surface area contributed by atoms with Crippen LogP contribution in [-0.4, -0.2) is 13.6 Å². The SMILES string of the molecule is Cc1cc(-c2ccc(S(=O)(=O)NCc3cccc(Br)c3)c(C)c2)on1. The third kappa shape index (κ3) is 4.18. The molecule has 5 nitrogen and oxygen atoms in total. The molecule has 0 saturated heterocycles. The van der Waals surface area contributed by atoms with E-state index in [4.69, 9.17) is 4.52 Å². The fourth-order valence-corrected chi connectivity index (χ4v) is 4.20. The number of nitrogens with zero attached hydrogens (tertiary/aromatic N) is 1. The van der Waals surface area contributed by atoms with Crippen LogP contribution in [0.4, 0.5) is 0 Å². The van der Waals surface area contributed by atoms with Crippen LogP contribution in [0.2, 0.25) is 0 Å². The molecule has 0 aliphatic rings. The average molecular weight is 421 g/mol. The molecule has 1 N–H and O–H groups in total. The highest BCUT2D eigenvalue weighted by molar-refractivity contribution is 9.10. The topological polar surface area (TPSA) is 72.2 Å². The fraction of sp³-hybridized carbons (Fsp3) is 0.167. The summed E-state index contributed by atoms with van der Waals surface area (Å²) in [7, 11) is -3.61. The predicted octanol–water partition coefficient (Wildman–Crippen LogP) is 4.20. The van der Waals surface area contributed by atoms with Crippen molar-refractivity contribution in [3.63, 3.8) is 0 Å². The van der Waals surface area contributed by atoms with E-state index in [0.29, 0.717) is 11.3 Å². The monoisotopic (exact) mass is 420 g/mol. The largest absolute Gasteiger partial charge is 0.356 e. The van der Waals surface area contributed by atoms with Gasteiger partial charge in [0.25, 0.3) is 0 Å². The van der Waals surface area contributed by atoms with Crippen LogP contribution in [-0.2, 0) is 16.6 Å². The van der Waals surface area contributed by atoms with E-state index in [1.807, 2.05) is 37.3 Å². The van der Waals surface area contributed by atoms with Gasteiger partial charge in [-0.25, -0.2) is 13.1 Å². The Labute approximate surface area is 155 Å². The number of nitrogens with one attached hydrogen (secondary N) is 1. The maximum absolute atomic E-state index is 12.6. The van der Waals surface area contributed by atoms with Crippen molar-refractivity contribution in [3.8, 4) is 11.3 Å². The summed E-state index contributed by atoms with van der Waals surface area (Å²) in [4.78, 5) is 0.252. The van der Waals surface area contributed by atoms with Gasteiger partial charge in [0, 0.05) is 22.6 Å². The second-order valence-corrected chi connectivity index (χ2v) is 8.42. The number of rotatable bonds is 5. The first-order valence-electron chi connectivity index (χ1n) is 7.63. The molecule has 3 aromatic rings. The van der Waals surface area contributed by atoms with Gasteiger partial charge in [0.2, 0.25) is 10.0 Å². The molecule has 3 rings (SSSR count). The van der Waals surface area contributed by atoms with Crippen LogP contribution >= 0.6 is 15.9 Å². The second-order valence-electron chi connectivity index (χ2n) is 5.77. The van der Waals surface area contributed by atoms with Crippen molar-refractivity contribution in [1.82, 2.24) is 9.88 Å². The summed E-state index contributed by atoms with van der Waals surface area (Å²) in [6, 6.07) is 14.4. The molecule has 1 aromatic heterocycles. The van der Waals surface area contributed by atoms with Gasteiger partial charge in [0.05, 0.1) is 10.6 Å². The Kier molecular flexibility index (Phi) is 5.08. The van der Waals surface area contributed by atoms with E-state index in [2.05, 4.69) is 25.8 Å². The van der Waals surface area contributed by atoms with Gasteiger partial charge in [-0.05, 0) is 55.3 Å². The van der Waals surface area contributed by atoms with E-state index in [9.17, 15) is 8.42 Å². The van der Waals surface area contributed by atoms with Crippen molar-refractivity contribution in [3.05, 3.63) is 69.8 Å². The van der Waals surface area contributed by atoms with Gasteiger partial charge in [-0.1, -0.05) is 33.2 Å². The zero-order valence-corrected chi connectivity index (χ0v) is 16.2. The van der Waals surface area contributed by atoms with E-state index in [-0.39, 0.29) is 11.4 Å². The zero-order chi connectivity index (χ0) is 18.0. The highest BCUT2D eigenvalue weighted by Gasteiger charge is 2.18. The van der Waals surface area contributed by atoms with Crippen molar-refractivity contribution in [2.75, 3.05) is 0 Å². The molecule has 0 bridgehead atoms.